The number of fused-ring (bicyclic) bond motifs is 2. The Morgan fingerprint density at radius 3 is 2.38 bits per heavy atom. The van der Waals surface area contributed by atoms with Crippen LogP contribution in [0.3, 0.4) is 0 Å². The van der Waals surface area contributed by atoms with Crippen molar-refractivity contribution in [1.29, 1.82) is 0 Å². The van der Waals surface area contributed by atoms with Crippen molar-refractivity contribution in [2.45, 2.75) is 16.4 Å². The maximum Gasteiger partial charge on any atom is 0.328 e. The number of carbonyl (C=O) groups is 2. The fourth-order valence-corrected chi connectivity index (χ4v) is 5.26. The van der Waals surface area contributed by atoms with Crippen molar-refractivity contribution in [3.8, 4) is 0 Å². The molecule has 2 heterocycles. The van der Waals surface area contributed by atoms with E-state index in [1.165, 1.54) is 16.7 Å². The van der Waals surface area contributed by atoms with Crippen molar-refractivity contribution in [2.24, 2.45) is 0 Å². The summed E-state index contributed by atoms with van der Waals surface area (Å²) in [6.45, 7) is 1.02. The lowest BCUT2D eigenvalue weighted by atomic mass is 9.95. The molecule has 3 rings (SSSR count). The zero-order valence-electron chi connectivity index (χ0n) is 16.2. The average molecular weight is 434 g/mol. The predicted octanol–water partition coefficient (Wildman–Crippen LogP) is 3.46. The number of carboxylic acids is 2. The van der Waals surface area contributed by atoms with E-state index in [1.54, 1.807) is 11.3 Å². The predicted molar refractivity (Wildman–Crippen MR) is 116 cm³/mol. The van der Waals surface area contributed by atoms with Crippen LogP contribution in [0.5, 0.6) is 0 Å². The summed E-state index contributed by atoms with van der Waals surface area (Å²) >= 11 is 1.61. The molecule has 0 aliphatic carbocycles. The molecular formula is C21H23NO5S2. The molecule has 0 amide bonds. The number of hydrogen-bond acceptors (Lipinski definition) is 5. The molecule has 0 fully saturated rings. The van der Waals surface area contributed by atoms with Crippen LogP contribution in [-0.4, -0.2) is 51.9 Å². The topological polar surface area (TPSA) is 94.9 Å². The minimum absolute atomic E-state index is 0.558. The van der Waals surface area contributed by atoms with Gasteiger partial charge in [-0.3, -0.25) is 4.21 Å². The summed E-state index contributed by atoms with van der Waals surface area (Å²) in [5, 5.41) is 17.7. The Hall–Kier alpha value is -2.55. The standard InChI is InChI=1S/C17H19NOS2.C4H4O4/c1-18(2)10-5-8-15-14-7-4-3-6-13(14)12-21(19)17-16(15)9-11-20-17;5-3(6)1-2-4(7)8/h3-4,6-9,11H,5,10,12H2,1-2H3;1-2H,(H,5,6)(H,7,8)/b15-8+;2-1+. The van der Waals surface area contributed by atoms with E-state index in [0.29, 0.717) is 17.9 Å². The van der Waals surface area contributed by atoms with Gasteiger partial charge in [-0.2, -0.15) is 0 Å². The molecule has 0 saturated heterocycles. The molecular weight excluding hydrogens is 410 g/mol. The Bertz CT molecular complexity index is 943. The fourth-order valence-electron chi connectivity index (χ4n) is 2.76. The van der Waals surface area contributed by atoms with Crippen LogP contribution in [0, 0.1) is 0 Å². The van der Waals surface area contributed by atoms with E-state index in [2.05, 4.69) is 54.7 Å². The van der Waals surface area contributed by atoms with E-state index in [4.69, 9.17) is 10.2 Å². The van der Waals surface area contributed by atoms with Crippen molar-refractivity contribution in [1.82, 2.24) is 4.90 Å². The molecule has 1 aromatic carbocycles. The van der Waals surface area contributed by atoms with Crippen molar-refractivity contribution < 1.29 is 24.0 Å². The first-order valence-electron chi connectivity index (χ1n) is 8.83. The molecule has 29 heavy (non-hydrogen) atoms. The first-order valence-corrected chi connectivity index (χ1v) is 11.0. The van der Waals surface area contributed by atoms with Crippen LogP contribution in [0.25, 0.3) is 5.57 Å². The highest BCUT2D eigenvalue weighted by atomic mass is 32.2. The maximum atomic E-state index is 12.5. The molecule has 1 aromatic heterocycles. The van der Waals surface area contributed by atoms with Gasteiger partial charge in [-0.25, -0.2) is 9.59 Å². The van der Waals surface area contributed by atoms with Gasteiger partial charge in [-0.15, -0.1) is 11.3 Å². The number of benzene rings is 1. The molecule has 1 aliphatic rings. The Labute approximate surface area is 176 Å². The first kappa shape index (κ1) is 22.7. The van der Waals surface area contributed by atoms with Crippen LogP contribution in [0.15, 0.2) is 58.1 Å². The summed E-state index contributed by atoms with van der Waals surface area (Å²) in [5.74, 6) is -1.89. The van der Waals surface area contributed by atoms with E-state index >= 15 is 0 Å². The molecule has 0 saturated carbocycles. The van der Waals surface area contributed by atoms with Gasteiger partial charge in [0.25, 0.3) is 0 Å². The second-order valence-electron chi connectivity index (χ2n) is 6.49. The first-order chi connectivity index (χ1) is 13.8. The van der Waals surface area contributed by atoms with E-state index < -0.39 is 22.7 Å². The Kier molecular flexibility index (Phi) is 8.50. The van der Waals surface area contributed by atoms with Gasteiger partial charge in [0.2, 0.25) is 0 Å². The smallest absolute Gasteiger partial charge is 0.328 e. The minimum atomic E-state index is -1.26. The fraction of sp³-hybridized carbons (Fsp3) is 0.238. The zero-order valence-corrected chi connectivity index (χ0v) is 17.8. The van der Waals surface area contributed by atoms with Gasteiger partial charge >= 0.3 is 11.9 Å². The molecule has 154 valence electrons. The van der Waals surface area contributed by atoms with Gasteiger partial charge in [-0.1, -0.05) is 30.3 Å². The summed E-state index contributed by atoms with van der Waals surface area (Å²) in [4.78, 5) is 21.3. The number of carboxylic acid groups (broad SMARTS) is 2. The van der Waals surface area contributed by atoms with E-state index in [1.807, 2.05) is 6.07 Å². The normalized spacial score (nSPS) is 16.7. The van der Waals surface area contributed by atoms with Gasteiger partial charge in [0.1, 0.15) is 0 Å². The van der Waals surface area contributed by atoms with Crippen LogP contribution in [-0.2, 0) is 26.1 Å². The molecule has 1 aliphatic heterocycles. The number of rotatable bonds is 5. The molecule has 0 bridgehead atoms. The number of nitrogens with zero attached hydrogens (tertiary/aromatic N) is 1. The zero-order chi connectivity index (χ0) is 21.4. The van der Waals surface area contributed by atoms with Crippen molar-refractivity contribution in [3.05, 3.63) is 70.6 Å². The molecule has 6 nitrogen and oxygen atoms in total. The Balaban J connectivity index is 0.000000321. The Morgan fingerprint density at radius 1 is 1.10 bits per heavy atom. The van der Waals surface area contributed by atoms with Crippen molar-refractivity contribution in [3.63, 3.8) is 0 Å². The van der Waals surface area contributed by atoms with Gasteiger partial charge in [-0.05, 0) is 48.7 Å². The second-order valence-corrected chi connectivity index (χ2v) is 9.05. The van der Waals surface area contributed by atoms with Crippen molar-refractivity contribution >= 4 is 39.6 Å². The lowest BCUT2D eigenvalue weighted by Gasteiger charge is -2.11. The molecule has 2 N–H and O–H groups in total. The highest BCUT2D eigenvalue weighted by Gasteiger charge is 2.23. The largest absolute Gasteiger partial charge is 0.478 e. The summed E-state index contributed by atoms with van der Waals surface area (Å²) in [6.07, 6.45) is 4.41. The SMILES string of the molecule is CN(C)CC/C=C1\c2ccccc2CS(=O)c2sccc21.O=C(O)/C=C/C(=O)O. The average Bonchev–Trinajstić information content (AvgIpc) is 3.10. The summed E-state index contributed by atoms with van der Waals surface area (Å²) in [6, 6.07) is 10.5. The van der Waals surface area contributed by atoms with E-state index in [-0.39, 0.29) is 0 Å². The number of aliphatic carboxylic acids is 2. The van der Waals surface area contributed by atoms with Gasteiger partial charge < -0.3 is 15.1 Å². The number of hydrogen-bond donors (Lipinski definition) is 2. The lowest BCUT2D eigenvalue weighted by Crippen LogP contribution is -2.12. The minimum Gasteiger partial charge on any atom is -0.478 e. The Morgan fingerprint density at radius 2 is 1.76 bits per heavy atom. The monoisotopic (exact) mass is 433 g/mol. The van der Waals surface area contributed by atoms with Gasteiger partial charge in [0.15, 0.2) is 0 Å². The van der Waals surface area contributed by atoms with Gasteiger partial charge in [0.05, 0.1) is 20.8 Å². The van der Waals surface area contributed by atoms with Crippen LogP contribution >= 0.6 is 11.3 Å². The third-order valence-corrected chi connectivity index (χ3v) is 6.77. The molecule has 0 radical (unpaired) electrons. The number of thiophene rings is 1. The van der Waals surface area contributed by atoms with Crippen LogP contribution in [0.4, 0.5) is 0 Å². The third-order valence-electron chi connectivity index (χ3n) is 4.01. The summed E-state index contributed by atoms with van der Waals surface area (Å²) < 4.78 is 13.6. The maximum absolute atomic E-state index is 12.5. The van der Waals surface area contributed by atoms with Gasteiger partial charge in [0, 0.05) is 24.3 Å². The van der Waals surface area contributed by atoms with Crippen LogP contribution in [0.1, 0.15) is 23.1 Å². The highest BCUT2D eigenvalue weighted by Crippen LogP contribution is 2.38. The molecule has 1 atom stereocenters. The molecule has 0 spiro atoms. The quantitative estimate of drug-likeness (QED) is 0.701. The highest BCUT2D eigenvalue weighted by molar-refractivity contribution is 7.86. The lowest BCUT2D eigenvalue weighted by molar-refractivity contribution is -0.134. The van der Waals surface area contributed by atoms with Crippen LogP contribution < -0.4 is 0 Å². The third kappa shape index (κ3) is 6.77. The summed E-state index contributed by atoms with van der Waals surface area (Å²) in [5.41, 5.74) is 4.83. The second kappa shape index (κ2) is 10.8. The van der Waals surface area contributed by atoms with E-state index in [9.17, 15) is 13.8 Å². The molecule has 2 aromatic rings. The summed E-state index contributed by atoms with van der Waals surface area (Å²) in [7, 11) is 3.25. The van der Waals surface area contributed by atoms with Crippen LogP contribution in [0.2, 0.25) is 0 Å². The molecule has 8 heteroatoms. The van der Waals surface area contributed by atoms with Crippen molar-refractivity contribution in [2.75, 3.05) is 20.6 Å². The molecule has 1 unspecified atom stereocenters. The van der Waals surface area contributed by atoms with E-state index in [0.717, 1.165) is 22.7 Å².